The monoisotopic (exact) mass is 534 g/mol. The molecule has 1 aromatic carbocycles. The molecule has 206 valence electrons. The lowest BCUT2D eigenvalue weighted by atomic mass is 9.83. The quantitative estimate of drug-likeness (QED) is 0.444. The molecule has 0 spiro atoms. The Hall–Kier alpha value is -3.85. The van der Waals surface area contributed by atoms with Crippen molar-refractivity contribution in [1.82, 2.24) is 34.7 Å². The Labute approximate surface area is 227 Å². The summed E-state index contributed by atoms with van der Waals surface area (Å²) in [6.07, 6.45) is 8.23. The van der Waals surface area contributed by atoms with Gasteiger partial charge in [0.25, 0.3) is 0 Å². The highest BCUT2D eigenvalue weighted by atomic mass is 19.1. The third kappa shape index (κ3) is 5.49. The zero-order valence-corrected chi connectivity index (χ0v) is 22.7. The van der Waals surface area contributed by atoms with Crippen molar-refractivity contribution in [3.63, 3.8) is 0 Å². The molecule has 12 heteroatoms. The summed E-state index contributed by atoms with van der Waals surface area (Å²) in [5.41, 5.74) is 1.08. The van der Waals surface area contributed by atoms with Crippen molar-refractivity contribution < 1.29 is 4.39 Å². The summed E-state index contributed by atoms with van der Waals surface area (Å²) in [5, 5.41) is 23.8. The first-order valence-electron chi connectivity index (χ1n) is 13.7. The van der Waals surface area contributed by atoms with Gasteiger partial charge in [-0.15, -0.1) is 0 Å². The van der Waals surface area contributed by atoms with E-state index in [0.29, 0.717) is 41.1 Å². The molecule has 0 amide bonds. The Balaban J connectivity index is 1.41. The highest BCUT2D eigenvalue weighted by molar-refractivity contribution is 5.63. The average Bonchev–Trinajstić information content (AvgIpc) is 3.29. The second kappa shape index (κ2) is 11.5. The normalized spacial score (nSPS) is 20.2. The molecule has 2 saturated heterocycles. The molecule has 0 bridgehead atoms. The van der Waals surface area contributed by atoms with Gasteiger partial charge in [-0.3, -0.25) is 0 Å². The summed E-state index contributed by atoms with van der Waals surface area (Å²) in [4.78, 5) is 24.0. The van der Waals surface area contributed by atoms with E-state index in [4.69, 9.17) is 0 Å². The fourth-order valence-corrected chi connectivity index (χ4v) is 5.76. The number of nitrogens with zero attached hydrogens (tertiary/aromatic N) is 8. The minimum absolute atomic E-state index is 0.0145. The molecule has 11 nitrogen and oxygen atoms in total. The summed E-state index contributed by atoms with van der Waals surface area (Å²) >= 11 is 0. The molecule has 3 aromatic rings. The average molecular weight is 535 g/mol. The van der Waals surface area contributed by atoms with Crippen LogP contribution in [0, 0.1) is 23.1 Å². The molecule has 39 heavy (non-hydrogen) atoms. The highest BCUT2D eigenvalue weighted by Gasteiger charge is 2.33. The molecule has 5 rings (SSSR count). The number of rotatable bonds is 8. The van der Waals surface area contributed by atoms with Gasteiger partial charge in [0.15, 0.2) is 0 Å². The number of aromatic nitrogens is 6. The number of nitrogens with one attached hydrogen (secondary N) is 2. The Kier molecular flexibility index (Phi) is 7.88. The number of anilines is 3. The van der Waals surface area contributed by atoms with Gasteiger partial charge in [0.05, 0.1) is 17.6 Å². The number of hydrogen-bond acceptors (Lipinski definition) is 9. The minimum atomic E-state index is -0.506. The van der Waals surface area contributed by atoms with Crippen LogP contribution in [0.1, 0.15) is 69.4 Å². The van der Waals surface area contributed by atoms with Crippen LogP contribution < -0.4 is 16.3 Å². The largest absolute Gasteiger partial charge is 0.368 e. The van der Waals surface area contributed by atoms with Gasteiger partial charge >= 0.3 is 5.69 Å². The fraction of sp³-hybridized carbons (Fsp3) is 0.556. The maximum atomic E-state index is 15.3. The predicted octanol–water partition coefficient (Wildman–Crippen LogP) is 3.70. The lowest BCUT2D eigenvalue weighted by Gasteiger charge is -2.44. The van der Waals surface area contributed by atoms with Crippen LogP contribution in [0.4, 0.5) is 21.8 Å². The molecule has 0 aliphatic carbocycles. The van der Waals surface area contributed by atoms with Crippen LogP contribution in [0.3, 0.4) is 0 Å². The zero-order chi connectivity index (χ0) is 27.5. The van der Waals surface area contributed by atoms with Crippen LogP contribution in [-0.2, 0) is 7.05 Å². The SMILES string of the molecule is CCC(C)c1cc(F)c(Nc2ncc(C#N)c(NCC3CCCN4CCCCC34)n2)cc1-n1nnn(C)c1=O. The van der Waals surface area contributed by atoms with Crippen LogP contribution >= 0.6 is 0 Å². The van der Waals surface area contributed by atoms with Gasteiger partial charge in [0.1, 0.15) is 23.3 Å². The van der Waals surface area contributed by atoms with Crippen molar-refractivity contribution in [2.24, 2.45) is 13.0 Å². The molecule has 2 fully saturated rings. The molecule has 2 aliphatic heterocycles. The van der Waals surface area contributed by atoms with Crippen LogP contribution in [0.25, 0.3) is 5.69 Å². The number of benzene rings is 1. The van der Waals surface area contributed by atoms with E-state index in [-0.39, 0.29) is 17.6 Å². The standard InChI is InChI=1S/C27H35FN10O/c1-4-17(2)20-12-21(28)22(13-24(20)38-27(39)36(3)34-35-38)32-26-31-16-19(14-29)25(33-26)30-15-18-8-7-11-37-10-6-5-9-23(18)37/h12-13,16-18,23H,4-11,15H2,1-3H3,(H2,30,31,32,33). The Morgan fingerprint density at radius 3 is 2.77 bits per heavy atom. The van der Waals surface area contributed by atoms with Crippen molar-refractivity contribution in [3.8, 4) is 11.8 Å². The highest BCUT2D eigenvalue weighted by Crippen LogP contribution is 2.32. The van der Waals surface area contributed by atoms with E-state index < -0.39 is 11.5 Å². The number of halogens is 1. The van der Waals surface area contributed by atoms with E-state index in [1.54, 1.807) is 0 Å². The first kappa shape index (κ1) is 26.7. The second-order valence-electron chi connectivity index (χ2n) is 10.6. The molecular formula is C27H35FN10O. The van der Waals surface area contributed by atoms with Crippen LogP contribution in [0.5, 0.6) is 0 Å². The summed E-state index contributed by atoms with van der Waals surface area (Å²) in [5.74, 6) is 0.528. The van der Waals surface area contributed by atoms with Gasteiger partial charge in [0, 0.05) is 19.6 Å². The third-order valence-electron chi connectivity index (χ3n) is 8.13. The van der Waals surface area contributed by atoms with E-state index >= 15 is 4.39 Å². The smallest absolute Gasteiger partial charge is 0.368 e. The Bertz CT molecular complexity index is 1420. The predicted molar refractivity (Wildman–Crippen MR) is 146 cm³/mol. The van der Waals surface area contributed by atoms with Crippen LogP contribution in [0.15, 0.2) is 23.1 Å². The topological polar surface area (TPSA) is 130 Å². The van der Waals surface area contributed by atoms with Gasteiger partial charge in [0.2, 0.25) is 5.95 Å². The van der Waals surface area contributed by atoms with Crippen molar-refractivity contribution in [2.45, 2.75) is 64.3 Å². The molecule has 2 N–H and O–H groups in total. The summed E-state index contributed by atoms with van der Waals surface area (Å²) < 4.78 is 17.6. The number of fused-ring (bicyclic) bond motifs is 1. The van der Waals surface area contributed by atoms with Crippen LogP contribution in [-0.4, -0.2) is 60.3 Å². The molecule has 4 heterocycles. The van der Waals surface area contributed by atoms with Crippen molar-refractivity contribution in [3.05, 3.63) is 45.8 Å². The minimum Gasteiger partial charge on any atom is -0.368 e. The molecular weight excluding hydrogens is 499 g/mol. The molecule has 3 atom stereocenters. The van der Waals surface area contributed by atoms with E-state index in [9.17, 15) is 10.1 Å². The third-order valence-corrected chi connectivity index (χ3v) is 8.13. The van der Waals surface area contributed by atoms with Crippen molar-refractivity contribution in [1.29, 1.82) is 5.26 Å². The molecule has 2 aliphatic rings. The second-order valence-corrected chi connectivity index (χ2v) is 10.6. The van der Waals surface area contributed by atoms with Gasteiger partial charge in [-0.05, 0) is 85.2 Å². The Morgan fingerprint density at radius 1 is 1.21 bits per heavy atom. The maximum Gasteiger partial charge on any atom is 0.368 e. The lowest BCUT2D eigenvalue weighted by molar-refractivity contribution is 0.0649. The Morgan fingerprint density at radius 2 is 2.03 bits per heavy atom. The van der Waals surface area contributed by atoms with Crippen molar-refractivity contribution in [2.75, 3.05) is 30.3 Å². The van der Waals surface area contributed by atoms with Gasteiger partial charge in [-0.1, -0.05) is 20.3 Å². The molecule has 2 aromatic heterocycles. The van der Waals surface area contributed by atoms with E-state index in [2.05, 4.69) is 42.0 Å². The number of tetrazole rings is 1. The van der Waals surface area contributed by atoms with Crippen LogP contribution in [0.2, 0.25) is 0 Å². The van der Waals surface area contributed by atoms with Gasteiger partial charge in [-0.2, -0.15) is 19.6 Å². The molecule has 0 radical (unpaired) electrons. The molecule has 3 unspecified atom stereocenters. The maximum absolute atomic E-state index is 15.3. The zero-order valence-electron chi connectivity index (χ0n) is 22.7. The van der Waals surface area contributed by atoms with Gasteiger partial charge in [-0.25, -0.2) is 14.2 Å². The first-order chi connectivity index (χ1) is 18.9. The molecule has 0 saturated carbocycles. The number of aryl methyl sites for hydroxylation is 1. The summed E-state index contributed by atoms with van der Waals surface area (Å²) in [7, 11) is 1.51. The first-order valence-corrected chi connectivity index (χ1v) is 13.7. The van der Waals surface area contributed by atoms with Gasteiger partial charge < -0.3 is 15.5 Å². The number of nitriles is 1. The fourth-order valence-electron chi connectivity index (χ4n) is 5.76. The summed E-state index contributed by atoms with van der Waals surface area (Å²) in [6.45, 7) is 7.00. The van der Waals surface area contributed by atoms with Crippen molar-refractivity contribution >= 4 is 17.5 Å². The lowest BCUT2D eigenvalue weighted by Crippen LogP contribution is -2.49. The van der Waals surface area contributed by atoms with E-state index in [1.165, 1.54) is 51.1 Å². The van der Waals surface area contributed by atoms with E-state index in [1.807, 2.05) is 13.8 Å². The number of hydrogen-bond donors (Lipinski definition) is 2. The number of piperidine rings is 2. The summed E-state index contributed by atoms with van der Waals surface area (Å²) in [6, 6.07) is 5.65. The van der Waals surface area contributed by atoms with E-state index in [0.717, 1.165) is 35.3 Å².